The monoisotopic (exact) mass is 249 g/mol. The molecule has 0 fully saturated rings. The molecule has 1 aromatic rings. The maximum absolute atomic E-state index is 10.6. The quantitative estimate of drug-likeness (QED) is 0.724. The number of rotatable bonds is 6. The summed E-state index contributed by atoms with van der Waals surface area (Å²) in [7, 11) is 0. The Kier molecular flexibility index (Phi) is 4.78. The van der Waals surface area contributed by atoms with Crippen LogP contribution in [0.2, 0.25) is 0 Å². The normalized spacial score (nSPS) is 10.0. The number of nitriles is 1. The van der Waals surface area contributed by atoms with Gasteiger partial charge in [0.15, 0.2) is 0 Å². The van der Waals surface area contributed by atoms with Gasteiger partial charge in [-0.15, -0.1) is 0 Å². The SMILES string of the molecule is N#Cc1cc(CN(CC(=O)O)CC(=O)O)ccn1. The lowest BCUT2D eigenvalue weighted by atomic mass is 10.2. The van der Waals surface area contributed by atoms with Gasteiger partial charge in [0.1, 0.15) is 11.8 Å². The van der Waals surface area contributed by atoms with Crippen molar-refractivity contribution in [3.8, 4) is 6.07 Å². The van der Waals surface area contributed by atoms with Gasteiger partial charge in [-0.3, -0.25) is 14.5 Å². The predicted octanol–water partition coefficient (Wildman–Crippen LogP) is -0.0755. The lowest BCUT2D eigenvalue weighted by molar-refractivity contribution is -0.142. The second-order valence-corrected chi connectivity index (χ2v) is 3.59. The molecule has 0 bridgehead atoms. The molecule has 1 aromatic heterocycles. The van der Waals surface area contributed by atoms with Gasteiger partial charge in [0.25, 0.3) is 0 Å². The summed E-state index contributed by atoms with van der Waals surface area (Å²) in [5.41, 5.74) is 0.849. The minimum absolute atomic E-state index is 0.135. The van der Waals surface area contributed by atoms with Crippen molar-refractivity contribution in [2.75, 3.05) is 13.1 Å². The Balaban J connectivity index is 2.78. The van der Waals surface area contributed by atoms with Crippen LogP contribution in [-0.2, 0) is 16.1 Å². The first-order chi connectivity index (χ1) is 8.51. The Morgan fingerprint density at radius 2 is 1.94 bits per heavy atom. The Bertz CT molecular complexity index is 479. The summed E-state index contributed by atoms with van der Waals surface area (Å²) in [6.45, 7) is -0.622. The standard InChI is InChI=1S/C11H11N3O4/c12-4-9-3-8(1-2-13-9)5-14(6-10(15)16)7-11(17)18/h1-3H,5-7H2,(H,15,16)(H,17,18). The van der Waals surface area contributed by atoms with Gasteiger partial charge in [-0.05, 0) is 17.7 Å². The zero-order valence-electron chi connectivity index (χ0n) is 9.41. The maximum Gasteiger partial charge on any atom is 0.317 e. The third kappa shape index (κ3) is 4.59. The summed E-state index contributed by atoms with van der Waals surface area (Å²) in [5.74, 6) is -2.21. The molecular formula is C11H11N3O4. The highest BCUT2D eigenvalue weighted by Crippen LogP contribution is 2.05. The Labute approximate surface area is 103 Å². The van der Waals surface area contributed by atoms with Crippen molar-refractivity contribution in [2.24, 2.45) is 0 Å². The summed E-state index contributed by atoms with van der Waals surface area (Å²) in [4.78, 5) is 26.2. The molecule has 94 valence electrons. The van der Waals surface area contributed by atoms with Crippen LogP contribution in [0.4, 0.5) is 0 Å². The summed E-state index contributed by atoms with van der Waals surface area (Å²) in [6, 6.07) is 4.97. The molecule has 0 radical (unpaired) electrons. The molecule has 0 aliphatic heterocycles. The number of aliphatic carboxylic acids is 2. The second-order valence-electron chi connectivity index (χ2n) is 3.59. The predicted molar refractivity (Wildman–Crippen MR) is 59.5 cm³/mol. The van der Waals surface area contributed by atoms with Crippen molar-refractivity contribution in [1.29, 1.82) is 5.26 Å². The molecular weight excluding hydrogens is 238 g/mol. The van der Waals surface area contributed by atoms with Gasteiger partial charge in [0.05, 0.1) is 13.1 Å². The number of carboxylic acid groups (broad SMARTS) is 2. The molecule has 7 nitrogen and oxygen atoms in total. The van der Waals surface area contributed by atoms with E-state index in [-0.39, 0.29) is 25.3 Å². The van der Waals surface area contributed by atoms with E-state index in [1.807, 2.05) is 6.07 Å². The molecule has 7 heteroatoms. The van der Waals surface area contributed by atoms with Gasteiger partial charge in [-0.2, -0.15) is 5.26 Å². The molecule has 0 saturated heterocycles. The van der Waals surface area contributed by atoms with Crippen molar-refractivity contribution >= 4 is 11.9 Å². The number of hydrogen-bond acceptors (Lipinski definition) is 5. The highest BCUT2D eigenvalue weighted by atomic mass is 16.4. The summed E-state index contributed by atoms with van der Waals surface area (Å²) < 4.78 is 0. The minimum Gasteiger partial charge on any atom is -0.480 e. The second kappa shape index (κ2) is 6.32. The van der Waals surface area contributed by atoms with E-state index in [4.69, 9.17) is 15.5 Å². The molecule has 0 amide bonds. The van der Waals surface area contributed by atoms with Crippen LogP contribution in [0.15, 0.2) is 18.3 Å². The number of aromatic nitrogens is 1. The molecule has 0 saturated carbocycles. The first-order valence-electron chi connectivity index (χ1n) is 5.02. The van der Waals surface area contributed by atoms with Gasteiger partial charge in [-0.25, -0.2) is 4.98 Å². The topological polar surface area (TPSA) is 115 Å². The highest BCUT2D eigenvalue weighted by molar-refractivity contribution is 5.72. The van der Waals surface area contributed by atoms with Crippen LogP contribution in [0, 0.1) is 11.3 Å². The first kappa shape index (κ1) is 13.6. The van der Waals surface area contributed by atoms with E-state index in [9.17, 15) is 9.59 Å². The molecule has 1 heterocycles. The van der Waals surface area contributed by atoms with E-state index in [1.165, 1.54) is 17.2 Å². The van der Waals surface area contributed by atoms with Gasteiger partial charge in [-0.1, -0.05) is 0 Å². The van der Waals surface area contributed by atoms with Crippen molar-refractivity contribution < 1.29 is 19.8 Å². The zero-order chi connectivity index (χ0) is 13.5. The van der Waals surface area contributed by atoms with Crippen LogP contribution < -0.4 is 0 Å². The fourth-order valence-corrected chi connectivity index (χ4v) is 1.44. The smallest absolute Gasteiger partial charge is 0.317 e. The number of hydrogen-bond donors (Lipinski definition) is 2. The highest BCUT2D eigenvalue weighted by Gasteiger charge is 2.14. The Morgan fingerprint density at radius 1 is 1.33 bits per heavy atom. The Morgan fingerprint density at radius 3 is 2.44 bits per heavy atom. The number of pyridine rings is 1. The van der Waals surface area contributed by atoms with Crippen molar-refractivity contribution in [3.63, 3.8) is 0 Å². The average molecular weight is 249 g/mol. The first-order valence-corrected chi connectivity index (χ1v) is 5.02. The molecule has 2 N–H and O–H groups in total. The molecule has 1 rings (SSSR count). The number of carbonyl (C=O) groups is 2. The maximum atomic E-state index is 10.6. The van der Waals surface area contributed by atoms with Crippen molar-refractivity contribution in [3.05, 3.63) is 29.6 Å². The summed E-state index contributed by atoms with van der Waals surface area (Å²) in [5, 5.41) is 26.0. The molecule has 0 aromatic carbocycles. The Hall–Kier alpha value is -2.46. The number of nitrogens with zero attached hydrogens (tertiary/aromatic N) is 3. The molecule has 0 aliphatic carbocycles. The van der Waals surface area contributed by atoms with E-state index in [0.717, 1.165) is 0 Å². The molecule has 0 aliphatic rings. The van der Waals surface area contributed by atoms with E-state index in [0.29, 0.717) is 5.56 Å². The van der Waals surface area contributed by atoms with Crippen LogP contribution in [0.3, 0.4) is 0 Å². The van der Waals surface area contributed by atoms with E-state index >= 15 is 0 Å². The molecule has 0 spiro atoms. The largest absolute Gasteiger partial charge is 0.480 e. The molecule has 0 atom stereocenters. The molecule has 18 heavy (non-hydrogen) atoms. The summed E-state index contributed by atoms with van der Waals surface area (Å²) in [6.07, 6.45) is 1.42. The van der Waals surface area contributed by atoms with Crippen LogP contribution in [-0.4, -0.2) is 45.1 Å². The lowest BCUT2D eigenvalue weighted by Gasteiger charge is -2.17. The number of carboxylic acids is 2. The van der Waals surface area contributed by atoms with Crippen LogP contribution in [0.25, 0.3) is 0 Å². The van der Waals surface area contributed by atoms with Crippen molar-refractivity contribution in [1.82, 2.24) is 9.88 Å². The third-order valence-electron chi connectivity index (χ3n) is 2.06. The summed E-state index contributed by atoms with van der Waals surface area (Å²) >= 11 is 0. The van der Waals surface area contributed by atoms with Crippen LogP contribution in [0.5, 0.6) is 0 Å². The van der Waals surface area contributed by atoms with Crippen LogP contribution >= 0.6 is 0 Å². The van der Waals surface area contributed by atoms with Gasteiger partial charge in [0, 0.05) is 12.7 Å². The van der Waals surface area contributed by atoms with Gasteiger partial charge in [0.2, 0.25) is 0 Å². The van der Waals surface area contributed by atoms with Gasteiger partial charge < -0.3 is 10.2 Å². The zero-order valence-corrected chi connectivity index (χ0v) is 9.41. The average Bonchev–Trinajstić information content (AvgIpc) is 2.27. The van der Waals surface area contributed by atoms with Crippen molar-refractivity contribution in [2.45, 2.75) is 6.54 Å². The van der Waals surface area contributed by atoms with E-state index in [1.54, 1.807) is 6.07 Å². The van der Waals surface area contributed by atoms with E-state index < -0.39 is 11.9 Å². The van der Waals surface area contributed by atoms with Crippen LogP contribution in [0.1, 0.15) is 11.3 Å². The fraction of sp³-hybridized carbons (Fsp3) is 0.273. The molecule has 0 unspecified atom stereocenters. The van der Waals surface area contributed by atoms with Gasteiger partial charge >= 0.3 is 11.9 Å². The third-order valence-corrected chi connectivity index (χ3v) is 2.06. The van der Waals surface area contributed by atoms with E-state index in [2.05, 4.69) is 4.98 Å². The lowest BCUT2D eigenvalue weighted by Crippen LogP contribution is -2.34. The fourth-order valence-electron chi connectivity index (χ4n) is 1.44. The minimum atomic E-state index is -1.11.